The quantitative estimate of drug-likeness (QED) is 0.927. The molecule has 0 radical (unpaired) electrons. The first-order chi connectivity index (χ1) is 9.77. The first-order valence-electron chi connectivity index (χ1n) is 7.04. The molecular formula is C15H19NO4S. The molecule has 114 valence electrons. The predicted molar refractivity (Wildman–Crippen MR) is 78.0 cm³/mol. The number of carbonyl (C=O) groups is 1. The summed E-state index contributed by atoms with van der Waals surface area (Å²) in [5, 5.41) is 8.85. The number of benzene rings is 1. The molecule has 3 rings (SSSR count). The van der Waals surface area contributed by atoms with Gasteiger partial charge in [0.05, 0.1) is 4.90 Å². The predicted octanol–water partition coefficient (Wildman–Crippen LogP) is 2.02. The summed E-state index contributed by atoms with van der Waals surface area (Å²) in [5.74, 6) is 0.588. The number of sulfone groups is 1. The SMILES string of the molecule is CS(=O)(=O)c1ccc(CC2CC3(C2)CN(C(=O)O)C3)cc1. The third-order valence-electron chi connectivity index (χ3n) is 4.64. The number of rotatable bonds is 3. The molecule has 0 unspecified atom stereocenters. The molecule has 5 nitrogen and oxygen atoms in total. The van der Waals surface area contributed by atoms with E-state index in [-0.39, 0.29) is 5.41 Å². The topological polar surface area (TPSA) is 74.7 Å². The van der Waals surface area contributed by atoms with Gasteiger partial charge in [-0.25, -0.2) is 13.2 Å². The normalized spacial score (nSPS) is 20.9. The zero-order valence-electron chi connectivity index (χ0n) is 11.9. The van der Waals surface area contributed by atoms with E-state index in [2.05, 4.69) is 0 Å². The lowest BCUT2D eigenvalue weighted by molar-refractivity contribution is -0.0794. The fourth-order valence-corrected chi connectivity index (χ4v) is 4.30. The second kappa shape index (κ2) is 4.73. The van der Waals surface area contributed by atoms with Crippen molar-refractivity contribution in [2.75, 3.05) is 19.3 Å². The Labute approximate surface area is 124 Å². The molecule has 0 atom stereocenters. The molecule has 1 aromatic rings. The van der Waals surface area contributed by atoms with Crippen molar-refractivity contribution < 1.29 is 18.3 Å². The smallest absolute Gasteiger partial charge is 0.407 e. The zero-order chi connectivity index (χ0) is 15.3. The van der Waals surface area contributed by atoms with Crippen molar-refractivity contribution in [3.8, 4) is 0 Å². The van der Waals surface area contributed by atoms with Crippen molar-refractivity contribution >= 4 is 15.9 Å². The second-order valence-corrected chi connectivity index (χ2v) is 8.55. The van der Waals surface area contributed by atoms with Crippen molar-refractivity contribution in [3.05, 3.63) is 29.8 Å². The summed E-state index contributed by atoms with van der Waals surface area (Å²) in [4.78, 5) is 12.6. The molecule has 0 aromatic heterocycles. The Morgan fingerprint density at radius 1 is 1.29 bits per heavy atom. The lowest BCUT2D eigenvalue weighted by Crippen LogP contribution is -2.63. The highest BCUT2D eigenvalue weighted by Gasteiger charge is 2.53. The van der Waals surface area contributed by atoms with Gasteiger partial charge in [-0.3, -0.25) is 0 Å². The monoisotopic (exact) mass is 309 g/mol. The summed E-state index contributed by atoms with van der Waals surface area (Å²) in [5.41, 5.74) is 1.38. The number of amides is 1. The summed E-state index contributed by atoms with van der Waals surface area (Å²) in [6, 6.07) is 7.08. The van der Waals surface area contributed by atoms with E-state index in [0.717, 1.165) is 24.8 Å². The molecular weight excluding hydrogens is 290 g/mol. The van der Waals surface area contributed by atoms with Gasteiger partial charge in [0.1, 0.15) is 0 Å². The molecule has 6 heteroatoms. The van der Waals surface area contributed by atoms with E-state index in [4.69, 9.17) is 5.11 Å². The Morgan fingerprint density at radius 3 is 2.33 bits per heavy atom. The van der Waals surface area contributed by atoms with Crippen LogP contribution in [0.2, 0.25) is 0 Å². The van der Waals surface area contributed by atoms with Gasteiger partial charge in [-0.15, -0.1) is 0 Å². The average molecular weight is 309 g/mol. The van der Waals surface area contributed by atoms with Crippen LogP contribution in [0, 0.1) is 11.3 Å². The molecule has 1 aliphatic carbocycles. The van der Waals surface area contributed by atoms with Crippen LogP contribution >= 0.6 is 0 Å². The van der Waals surface area contributed by atoms with Gasteiger partial charge in [-0.1, -0.05) is 12.1 Å². The molecule has 1 saturated heterocycles. The van der Waals surface area contributed by atoms with E-state index in [1.807, 2.05) is 12.1 Å². The number of carboxylic acid groups (broad SMARTS) is 1. The van der Waals surface area contributed by atoms with Gasteiger partial charge in [0, 0.05) is 24.8 Å². The van der Waals surface area contributed by atoms with E-state index < -0.39 is 15.9 Å². The molecule has 1 N–H and O–H groups in total. The Bertz CT molecular complexity index is 651. The molecule has 1 spiro atoms. The van der Waals surface area contributed by atoms with Gasteiger partial charge >= 0.3 is 6.09 Å². The average Bonchev–Trinajstić information content (AvgIpc) is 2.29. The maximum absolute atomic E-state index is 11.4. The van der Waals surface area contributed by atoms with Crippen molar-refractivity contribution in [1.29, 1.82) is 0 Å². The summed E-state index contributed by atoms with van der Waals surface area (Å²) < 4.78 is 22.8. The first-order valence-corrected chi connectivity index (χ1v) is 8.93. The van der Waals surface area contributed by atoms with E-state index >= 15 is 0 Å². The van der Waals surface area contributed by atoms with Gasteiger partial charge in [0.25, 0.3) is 0 Å². The van der Waals surface area contributed by atoms with Crippen molar-refractivity contribution in [2.24, 2.45) is 11.3 Å². The third-order valence-corrected chi connectivity index (χ3v) is 5.77. The minimum absolute atomic E-state index is 0.232. The minimum atomic E-state index is -3.13. The van der Waals surface area contributed by atoms with Gasteiger partial charge in [0.15, 0.2) is 9.84 Å². The zero-order valence-corrected chi connectivity index (χ0v) is 12.8. The van der Waals surface area contributed by atoms with Crippen LogP contribution in [0.15, 0.2) is 29.2 Å². The summed E-state index contributed by atoms with van der Waals surface area (Å²) in [6.45, 7) is 1.34. The molecule has 21 heavy (non-hydrogen) atoms. The molecule has 1 aliphatic heterocycles. The van der Waals surface area contributed by atoms with Crippen LogP contribution in [-0.2, 0) is 16.3 Å². The third kappa shape index (κ3) is 2.77. The van der Waals surface area contributed by atoms with Crippen LogP contribution in [0.4, 0.5) is 4.79 Å². The van der Waals surface area contributed by atoms with Crippen LogP contribution in [-0.4, -0.2) is 43.9 Å². The summed E-state index contributed by atoms with van der Waals surface area (Å²) >= 11 is 0. The molecule has 1 heterocycles. The van der Waals surface area contributed by atoms with Crippen molar-refractivity contribution in [2.45, 2.75) is 24.2 Å². The number of hydrogen-bond donors (Lipinski definition) is 1. The van der Waals surface area contributed by atoms with E-state index in [9.17, 15) is 13.2 Å². The Morgan fingerprint density at radius 2 is 1.86 bits per heavy atom. The molecule has 2 fully saturated rings. The van der Waals surface area contributed by atoms with Crippen molar-refractivity contribution in [3.63, 3.8) is 0 Å². The summed E-state index contributed by atoms with van der Waals surface area (Å²) in [6.07, 6.45) is 3.48. The standard InChI is InChI=1S/C15H19NO4S/c1-21(19,20)13-4-2-11(3-5-13)6-12-7-15(8-12)9-16(10-15)14(17)18/h2-5,12H,6-10H2,1H3,(H,17,18). The molecule has 0 bridgehead atoms. The molecule has 2 aliphatic rings. The van der Waals surface area contributed by atoms with Gasteiger partial charge in [0.2, 0.25) is 0 Å². The van der Waals surface area contributed by atoms with Crippen LogP contribution in [0.3, 0.4) is 0 Å². The maximum Gasteiger partial charge on any atom is 0.407 e. The van der Waals surface area contributed by atoms with Crippen LogP contribution in [0.5, 0.6) is 0 Å². The Kier molecular flexibility index (Phi) is 3.24. The Balaban J connectivity index is 1.53. The second-order valence-electron chi connectivity index (χ2n) is 6.53. The maximum atomic E-state index is 11.4. The van der Waals surface area contributed by atoms with Crippen LogP contribution in [0.25, 0.3) is 0 Å². The largest absolute Gasteiger partial charge is 0.465 e. The van der Waals surface area contributed by atoms with Crippen molar-refractivity contribution in [1.82, 2.24) is 4.90 Å². The first kappa shape index (κ1) is 14.4. The fourth-order valence-electron chi connectivity index (χ4n) is 3.67. The van der Waals surface area contributed by atoms with Crippen LogP contribution < -0.4 is 0 Å². The van der Waals surface area contributed by atoms with E-state index in [1.54, 1.807) is 12.1 Å². The van der Waals surface area contributed by atoms with E-state index in [0.29, 0.717) is 23.9 Å². The van der Waals surface area contributed by atoms with E-state index in [1.165, 1.54) is 11.2 Å². The number of likely N-dealkylation sites (tertiary alicyclic amines) is 1. The Hall–Kier alpha value is -1.56. The van der Waals surface area contributed by atoms with Gasteiger partial charge in [-0.2, -0.15) is 0 Å². The molecule has 1 amide bonds. The highest BCUT2D eigenvalue weighted by Crippen LogP contribution is 2.52. The lowest BCUT2D eigenvalue weighted by atomic mass is 9.56. The lowest BCUT2D eigenvalue weighted by Gasteiger charge is -2.58. The number of hydrogen-bond acceptors (Lipinski definition) is 3. The molecule has 1 aromatic carbocycles. The number of nitrogens with zero attached hydrogens (tertiary/aromatic N) is 1. The fraction of sp³-hybridized carbons (Fsp3) is 0.533. The highest BCUT2D eigenvalue weighted by molar-refractivity contribution is 7.90. The van der Waals surface area contributed by atoms with Gasteiger partial charge < -0.3 is 10.0 Å². The van der Waals surface area contributed by atoms with Crippen LogP contribution in [0.1, 0.15) is 18.4 Å². The highest BCUT2D eigenvalue weighted by atomic mass is 32.2. The van der Waals surface area contributed by atoms with Gasteiger partial charge in [-0.05, 0) is 42.9 Å². The minimum Gasteiger partial charge on any atom is -0.465 e. The molecule has 1 saturated carbocycles. The summed E-state index contributed by atoms with van der Waals surface area (Å²) in [7, 11) is -3.13.